The number of rotatable bonds is 4. The van der Waals surface area contributed by atoms with E-state index >= 15 is 0 Å². The standard InChI is InChI=1S/C19H19N3O3S/c23-19(21-10-3-11-26-18-5-2-1-4-16(18)21)13-6-9-15(20-14-7-8-14)17(12-13)22(24)25/h1-2,4-6,9,12,14,20H,3,7-8,10-11H2. The number of carbonyl (C=O) groups is 1. The van der Waals surface area contributed by atoms with E-state index in [2.05, 4.69) is 5.32 Å². The molecule has 1 aliphatic carbocycles. The second kappa shape index (κ2) is 6.99. The van der Waals surface area contributed by atoms with Gasteiger partial charge in [-0.15, -0.1) is 11.8 Å². The molecule has 0 aromatic heterocycles. The lowest BCUT2D eigenvalue weighted by Gasteiger charge is -2.22. The van der Waals surface area contributed by atoms with Gasteiger partial charge < -0.3 is 10.2 Å². The number of nitro benzene ring substituents is 1. The quantitative estimate of drug-likeness (QED) is 0.642. The van der Waals surface area contributed by atoms with Crippen LogP contribution in [0.15, 0.2) is 47.4 Å². The molecule has 2 aliphatic rings. The van der Waals surface area contributed by atoms with Gasteiger partial charge in [-0.3, -0.25) is 14.9 Å². The van der Waals surface area contributed by atoms with E-state index in [-0.39, 0.29) is 11.6 Å². The Morgan fingerprint density at radius 1 is 1.23 bits per heavy atom. The molecule has 1 saturated carbocycles. The summed E-state index contributed by atoms with van der Waals surface area (Å²) in [5, 5.41) is 14.6. The maximum atomic E-state index is 13.1. The molecule has 7 heteroatoms. The van der Waals surface area contributed by atoms with E-state index in [0.29, 0.717) is 23.8 Å². The van der Waals surface area contributed by atoms with Gasteiger partial charge in [0.25, 0.3) is 11.6 Å². The first-order chi connectivity index (χ1) is 12.6. The molecule has 4 rings (SSSR count). The maximum Gasteiger partial charge on any atom is 0.293 e. The highest BCUT2D eigenvalue weighted by molar-refractivity contribution is 7.99. The van der Waals surface area contributed by atoms with Crippen LogP contribution in [-0.4, -0.2) is 29.2 Å². The zero-order valence-electron chi connectivity index (χ0n) is 14.2. The van der Waals surface area contributed by atoms with Crippen molar-refractivity contribution < 1.29 is 9.72 Å². The van der Waals surface area contributed by atoms with Crippen molar-refractivity contribution in [1.29, 1.82) is 0 Å². The van der Waals surface area contributed by atoms with Crippen LogP contribution in [0.1, 0.15) is 29.6 Å². The highest BCUT2D eigenvalue weighted by Gasteiger charge is 2.27. The number of hydrogen-bond donors (Lipinski definition) is 1. The monoisotopic (exact) mass is 369 g/mol. The molecule has 0 radical (unpaired) electrons. The maximum absolute atomic E-state index is 13.1. The minimum absolute atomic E-state index is 0.0415. The average molecular weight is 369 g/mol. The Bertz CT molecular complexity index is 867. The predicted octanol–water partition coefficient (Wildman–Crippen LogP) is 4.31. The van der Waals surface area contributed by atoms with Gasteiger partial charge in [0.15, 0.2) is 0 Å². The van der Waals surface area contributed by atoms with Gasteiger partial charge in [0.1, 0.15) is 5.69 Å². The Hall–Kier alpha value is -2.54. The van der Waals surface area contributed by atoms with Gasteiger partial charge >= 0.3 is 0 Å². The molecule has 1 amide bonds. The first kappa shape index (κ1) is 16.9. The fourth-order valence-electron chi connectivity index (χ4n) is 3.08. The second-order valence-corrected chi connectivity index (χ2v) is 7.67. The first-order valence-electron chi connectivity index (χ1n) is 8.72. The summed E-state index contributed by atoms with van der Waals surface area (Å²) in [6.45, 7) is 0.610. The molecular weight excluding hydrogens is 350 g/mol. The van der Waals surface area contributed by atoms with Crippen molar-refractivity contribution in [1.82, 2.24) is 0 Å². The van der Waals surface area contributed by atoms with Gasteiger partial charge in [0.05, 0.1) is 10.6 Å². The van der Waals surface area contributed by atoms with Crippen LogP contribution >= 0.6 is 11.8 Å². The lowest BCUT2D eigenvalue weighted by molar-refractivity contribution is -0.384. The van der Waals surface area contributed by atoms with Crippen molar-refractivity contribution in [3.05, 3.63) is 58.1 Å². The molecule has 0 unspecified atom stereocenters. The van der Waals surface area contributed by atoms with E-state index in [1.165, 1.54) is 6.07 Å². The number of nitrogens with zero attached hydrogens (tertiary/aromatic N) is 2. The van der Waals surface area contributed by atoms with Gasteiger partial charge in [0.2, 0.25) is 0 Å². The van der Waals surface area contributed by atoms with Gasteiger partial charge in [-0.2, -0.15) is 0 Å². The van der Waals surface area contributed by atoms with Crippen molar-refractivity contribution in [2.45, 2.75) is 30.2 Å². The Labute approximate surface area is 155 Å². The second-order valence-electron chi connectivity index (χ2n) is 6.53. The number of thioether (sulfide) groups is 1. The van der Waals surface area contributed by atoms with Gasteiger partial charge in [0, 0.05) is 29.1 Å². The van der Waals surface area contributed by atoms with Crippen LogP contribution in [0.25, 0.3) is 0 Å². The highest BCUT2D eigenvalue weighted by Crippen LogP contribution is 2.36. The summed E-state index contributed by atoms with van der Waals surface area (Å²) in [6.07, 6.45) is 2.94. The third-order valence-electron chi connectivity index (χ3n) is 4.56. The normalized spacial score (nSPS) is 16.5. The van der Waals surface area contributed by atoms with Crippen molar-refractivity contribution in [3.8, 4) is 0 Å². The molecule has 0 atom stereocenters. The number of benzene rings is 2. The van der Waals surface area contributed by atoms with Crippen LogP contribution in [0.5, 0.6) is 0 Å². The molecule has 2 aromatic carbocycles. The fourth-order valence-corrected chi connectivity index (χ4v) is 4.07. The zero-order chi connectivity index (χ0) is 18.1. The summed E-state index contributed by atoms with van der Waals surface area (Å²) in [6, 6.07) is 12.9. The Morgan fingerprint density at radius 2 is 2.04 bits per heavy atom. The summed E-state index contributed by atoms with van der Waals surface area (Å²) < 4.78 is 0. The molecule has 1 N–H and O–H groups in total. The van der Waals surface area contributed by atoms with E-state index in [1.54, 1.807) is 28.8 Å². The minimum Gasteiger partial charge on any atom is -0.377 e. The van der Waals surface area contributed by atoms with Crippen LogP contribution < -0.4 is 10.2 Å². The van der Waals surface area contributed by atoms with Crippen molar-refractivity contribution in [3.63, 3.8) is 0 Å². The zero-order valence-corrected chi connectivity index (χ0v) is 15.0. The topological polar surface area (TPSA) is 75.5 Å². The van der Waals surface area contributed by atoms with Crippen molar-refractivity contribution >= 4 is 34.7 Å². The molecule has 1 fully saturated rings. The summed E-state index contributed by atoms with van der Waals surface area (Å²) in [4.78, 5) is 27.0. The number of fused-ring (bicyclic) bond motifs is 1. The SMILES string of the molecule is O=C(c1ccc(NC2CC2)c([N+](=O)[O-])c1)N1CCCSc2ccccc21. The van der Waals surface area contributed by atoms with Crippen LogP contribution in [0.2, 0.25) is 0 Å². The van der Waals surface area contributed by atoms with Gasteiger partial charge in [-0.05, 0) is 49.3 Å². The van der Waals surface area contributed by atoms with Crippen LogP contribution in [0, 0.1) is 10.1 Å². The molecule has 0 spiro atoms. The van der Waals surface area contributed by atoms with Crippen molar-refractivity contribution in [2.24, 2.45) is 0 Å². The number of para-hydroxylation sites is 1. The van der Waals surface area contributed by atoms with Gasteiger partial charge in [-0.25, -0.2) is 0 Å². The molecule has 0 saturated heterocycles. The lowest BCUT2D eigenvalue weighted by Crippen LogP contribution is -2.31. The van der Waals surface area contributed by atoms with E-state index in [4.69, 9.17) is 0 Å². The fraction of sp³-hybridized carbons (Fsp3) is 0.316. The lowest BCUT2D eigenvalue weighted by atomic mass is 10.1. The van der Waals surface area contributed by atoms with Crippen LogP contribution in [0.4, 0.5) is 17.1 Å². The van der Waals surface area contributed by atoms with E-state index in [1.807, 2.05) is 24.3 Å². The molecule has 26 heavy (non-hydrogen) atoms. The molecular formula is C19H19N3O3S. The Balaban J connectivity index is 1.67. The van der Waals surface area contributed by atoms with E-state index in [0.717, 1.165) is 35.6 Å². The predicted molar refractivity (Wildman–Crippen MR) is 103 cm³/mol. The third kappa shape index (κ3) is 3.39. The molecule has 6 nitrogen and oxygen atoms in total. The van der Waals surface area contributed by atoms with E-state index < -0.39 is 4.92 Å². The molecule has 134 valence electrons. The van der Waals surface area contributed by atoms with Crippen LogP contribution in [-0.2, 0) is 0 Å². The number of hydrogen-bond acceptors (Lipinski definition) is 5. The molecule has 1 aliphatic heterocycles. The minimum atomic E-state index is -0.423. The average Bonchev–Trinajstić information content (AvgIpc) is 3.47. The first-order valence-corrected chi connectivity index (χ1v) is 9.71. The summed E-state index contributed by atoms with van der Waals surface area (Å²) in [7, 11) is 0. The Morgan fingerprint density at radius 3 is 2.81 bits per heavy atom. The van der Waals surface area contributed by atoms with Crippen LogP contribution in [0.3, 0.4) is 0 Å². The number of nitrogens with one attached hydrogen (secondary N) is 1. The molecule has 2 aromatic rings. The third-order valence-corrected chi connectivity index (χ3v) is 5.71. The molecule has 0 bridgehead atoms. The summed E-state index contributed by atoms with van der Waals surface area (Å²) in [5.41, 5.74) is 1.67. The number of amides is 1. The number of anilines is 2. The largest absolute Gasteiger partial charge is 0.377 e. The summed E-state index contributed by atoms with van der Waals surface area (Å²) >= 11 is 1.74. The molecule has 1 heterocycles. The highest BCUT2D eigenvalue weighted by atomic mass is 32.2. The van der Waals surface area contributed by atoms with E-state index in [9.17, 15) is 14.9 Å². The number of nitro groups is 1. The Kier molecular flexibility index (Phi) is 4.55. The smallest absolute Gasteiger partial charge is 0.293 e. The number of carbonyl (C=O) groups excluding carboxylic acids is 1. The summed E-state index contributed by atoms with van der Waals surface area (Å²) in [5.74, 6) is 0.756. The van der Waals surface area contributed by atoms with Crippen molar-refractivity contribution in [2.75, 3.05) is 22.5 Å². The van der Waals surface area contributed by atoms with Gasteiger partial charge in [-0.1, -0.05) is 12.1 Å².